The Morgan fingerprint density at radius 1 is 1.00 bits per heavy atom. The highest BCUT2D eigenvalue weighted by Gasteiger charge is 2.35. The zero-order chi connectivity index (χ0) is 22.1. The lowest BCUT2D eigenvalue weighted by atomic mass is 10.1. The number of hydrogen-bond donors (Lipinski definition) is 1. The molecule has 2 aromatic carbocycles. The van der Waals surface area contributed by atoms with Gasteiger partial charge in [-0.2, -0.15) is 0 Å². The summed E-state index contributed by atoms with van der Waals surface area (Å²) in [5, 5.41) is 11.7. The average Bonchev–Trinajstić information content (AvgIpc) is 3.30. The Bertz CT molecular complexity index is 1130. The molecule has 0 bridgehead atoms. The second-order valence-corrected chi connectivity index (χ2v) is 8.71. The highest BCUT2D eigenvalue weighted by molar-refractivity contribution is 6.03. The summed E-state index contributed by atoms with van der Waals surface area (Å²) in [7, 11) is 0. The molecule has 7 nitrogen and oxygen atoms in total. The standard InChI is InChI=1S/C25H27N5O2/c1-17-6-12-21(13-7-17)30-16-19(15-23(30)31)25(32)26-20-10-8-18(9-11-20)24-28-27-22-5-3-2-4-14-29(22)24/h6-13,19H,2-5,14-16H2,1H3,(H,26,32)/t19-/m1/s1. The third kappa shape index (κ3) is 4.02. The number of anilines is 2. The van der Waals surface area contributed by atoms with Gasteiger partial charge in [0.2, 0.25) is 11.8 Å². The van der Waals surface area contributed by atoms with Crippen molar-refractivity contribution in [1.29, 1.82) is 0 Å². The lowest BCUT2D eigenvalue weighted by molar-refractivity contribution is -0.122. The predicted octanol–water partition coefficient (Wildman–Crippen LogP) is 3.97. The maximum Gasteiger partial charge on any atom is 0.229 e. The van der Waals surface area contributed by atoms with E-state index in [2.05, 4.69) is 20.1 Å². The lowest BCUT2D eigenvalue weighted by Gasteiger charge is -2.17. The third-order valence-electron chi connectivity index (χ3n) is 6.36. The van der Waals surface area contributed by atoms with E-state index in [1.54, 1.807) is 4.90 Å². The molecule has 3 heterocycles. The molecule has 0 spiro atoms. The first-order valence-electron chi connectivity index (χ1n) is 11.3. The quantitative estimate of drug-likeness (QED) is 0.681. The van der Waals surface area contributed by atoms with Gasteiger partial charge in [-0.25, -0.2) is 0 Å². The molecule has 1 fully saturated rings. The molecule has 0 saturated carbocycles. The van der Waals surface area contributed by atoms with E-state index in [0.29, 0.717) is 6.54 Å². The molecule has 1 aromatic heterocycles. The summed E-state index contributed by atoms with van der Waals surface area (Å²) in [5.41, 5.74) is 3.69. The number of rotatable bonds is 4. The number of nitrogens with zero attached hydrogens (tertiary/aromatic N) is 4. The van der Waals surface area contributed by atoms with E-state index in [9.17, 15) is 9.59 Å². The van der Waals surface area contributed by atoms with Crippen LogP contribution in [0.4, 0.5) is 11.4 Å². The molecule has 2 amide bonds. The van der Waals surface area contributed by atoms with Gasteiger partial charge in [-0.15, -0.1) is 10.2 Å². The highest BCUT2D eigenvalue weighted by atomic mass is 16.2. The topological polar surface area (TPSA) is 80.1 Å². The second-order valence-electron chi connectivity index (χ2n) is 8.71. The summed E-state index contributed by atoms with van der Waals surface area (Å²) in [5.74, 6) is 1.43. The van der Waals surface area contributed by atoms with E-state index in [1.165, 1.54) is 6.42 Å². The monoisotopic (exact) mass is 429 g/mol. The molecule has 2 aliphatic rings. The van der Waals surface area contributed by atoms with Crippen molar-refractivity contribution < 1.29 is 9.59 Å². The third-order valence-corrected chi connectivity index (χ3v) is 6.36. The van der Waals surface area contributed by atoms with E-state index in [0.717, 1.165) is 60.0 Å². The molecule has 5 rings (SSSR count). The fourth-order valence-electron chi connectivity index (χ4n) is 4.50. The van der Waals surface area contributed by atoms with Crippen molar-refractivity contribution in [2.75, 3.05) is 16.8 Å². The minimum Gasteiger partial charge on any atom is -0.326 e. The van der Waals surface area contributed by atoms with Crippen LogP contribution >= 0.6 is 0 Å². The van der Waals surface area contributed by atoms with Gasteiger partial charge < -0.3 is 14.8 Å². The van der Waals surface area contributed by atoms with Gasteiger partial charge in [-0.05, 0) is 56.2 Å². The van der Waals surface area contributed by atoms with Gasteiger partial charge in [0.25, 0.3) is 0 Å². The highest BCUT2D eigenvalue weighted by Crippen LogP contribution is 2.27. The number of aryl methyl sites for hydroxylation is 2. The van der Waals surface area contributed by atoms with Crippen molar-refractivity contribution in [2.24, 2.45) is 5.92 Å². The Balaban J connectivity index is 1.25. The number of amides is 2. The molecule has 0 radical (unpaired) electrons. The number of fused-ring (bicyclic) bond motifs is 1. The van der Waals surface area contributed by atoms with Gasteiger partial charge in [0.1, 0.15) is 5.82 Å². The smallest absolute Gasteiger partial charge is 0.229 e. The maximum absolute atomic E-state index is 12.8. The van der Waals surface area contributed by atoms with E-state index >= 15 is 0 Å². The Morgan fingerprint density at radius 2 is 1.78 bits per heavy atom. The lowest BCUT2D eigenvalue weighted by Crippen LogP contribution is -2.28. The van der Waals surface area contributed by atoms with Crippen molar-refractivity contribution in [3.63, 3.8) is 0 Å². The summed E-state index contributed by atoms with van der Waals surface area (Å²) < 4.78 is 2.21. The predicted molar refractivity (Wildman–Crippen MR) is 123 cm³/mol. The van der Waals surface area contributed by atoms with E-state index in [1.807, 2.05) is 55.5 Å². The first-order valence-corrected chi connectivity index (χ1v) is 11.3. The summed E-state index contributed by atoms with van der Waals surface area (Å²) >= 11 is 0. The molecule has 3 aromatic rings. The van der Waals surface area contributed by atoms with Crippen LogP contribution in [0, 0.1) is 12.8 Å². The van der Waals surface area contributed by atoms with Gasteiger partial charge in [0, 0.05) is 42.9 Å². The van der Waals surface area contributed by atoms with Crippen molar-refractivity contribution in [3.8, 4) is 11.4 Å². The van der Waals surface area contributed by atoms with E-state index in [-0.39, 0.29) is 24.2 Å². The molecule has 1 N–H and O–H groups in total. The van der Waals surface area contributed by atoms with Gasteiger partial charge in [-0.1, -0.05) is 24.1 Å². The van der Waals surface area contributed by atoms with Crippen molar-refractivity contribution in [3.05, 3.63) is 59.9 Å². The Labute approximate surface area is 187 Å². The number of aromatic nitrogens is 3. The average molecular weight is 430 g/mol. The summed E-state index contributed by atoms with van der Waals surface area (Å²) in [6, 6.07) is 15.5. The van der Waals surface area contributed by atoms with Crippen LogP contribution in [-0.4, -0.2) is 33.1 Å². The van der Waals surface area contributed by atoms with Crippen LogP contribution in [0.3, 0.4) is 0 Å². The van der Waals surface area contributed by atoms with E-state index in [4.69, 9.17) is 0 Å². The van der Waals surface area contributed by atoms with Crippen LogP contribution < -0.4 is 10.2 Å². The minimum atomic E-state index is -0.365. The Hall–Kier alpha value is -3.48. The van der Waals surface area contributed by atoms with Crippen molar-refractivity contribution in [1.82, 2.24) is 14.8 Å². The molecule has 164 valence electrons. The zero-order valence-electron chi connectivity index (χ0n) is 18.3. The van der Waals surface area contributed by atoms with Crippen molar-refractivity contribution in [2.45, 2.75) is 45.6 Å². The van der Waals surface area contributed by atoms with E-state index < -0.39 is 0 Å². The molecule has 1 atom stereocenters. The fraction of sp³-hybridized carbons (Fsp3) is 0.360. The van der Waals surface area contributed by atoms with Crippen molar-refractivity contribution >= 4 is 23.2 Å². The molecule has 32 heavy (non-hydrogen) atoms. The Kier molecular flexibility index (Phi) is 5.47. The second kappa shape index (κ2) is 8.57. The largest absolute Gasteiger partial charge is 0.326 e. The molecule has 0 unspecified atom stereocenters. The SMILES string of the molecule is Cc1ccc(N2C[C@H](C(=O)Nc3ccc(-c4nnc5n4CCCCC5)cc3)CC2=O)cc1. The van der Waals surface area contributed by atoms with Crippen LogP contribution in [0.1, 0.15) is 37.1 Å². The number of benzene rings is 2. The van der Waals surface area contributed by atoms with Crippen LogP contribution in [-0.2, 0) is 22.6 Å². The summed E-state index contributed by atoms with van der Waals surface area (Å²) in [6.45, 7) is 3.36. The summed E-state index contributed by atoms with van der Waals surface area (Å²) in [6.07, 6.45) is 4.73. The number of carbonyl (C=O) groups is 2. The van der Waals surface area contributed by atoms with Gasteiger partial charge >= 0.3 is 0 Å². The maximum atomic E-state index is 12.8. The van der Waals surface area contributed by atoms with Gasteiger partial charge in [0.15, 0.2) is 5.82 Å². The van der Waals surface area contributed by atoms with Gasteiger partial charge in [-0.3, -0.25) is 9.59 Å². The molecule has 1 saturated heterocycles. The number of hydrogen-bond acceptors (Lipinski definition) is 4. The zero-order valence-corrected chi connectivity index (χ0v) is 18.3. The minimum absolute atomic E-state index is 0.0168. The summed E-state index contributed by atoms with van der Waals surface area (Å²) in [4.78, 5) is 27.0. The fourth-order valence-corrected chi connectivity index (χ4v) is 4.50. The molecular formula is C25H27N5O2. The molecule has 2 aliphatic heterocycles. The molecule has 7 heteroatoms. The first kappa shape index (κ1) is 20.4. The number of nitrogens with one attached hydrogen (secondary N) is 1. The van der Waals surface area contributed by atoms with Crippen LogP contribution in [0.25, 0.3) is 11.4 Å². The number of carbonyl (C=O) groups excluding carboxylic acids is 2. The normalized spacial score (nSPS) is 18.3. The first-order chi connectivity index (χ1) is 15.6. The molecular weight excluding hydrogens is 402 g/mol. The van der Waals surface area contributed by atoms with Crippen LogP contribution in [0.15, 0.2) is 48.5 Å². The van der Waals surface area contributed by atoms with Crippen LogP contribution in [0.2, 0.25) is 0 Å². The Morgan fingerprint density at radius 3 is 2.56 bits per heavy atom. The van der Waals surface area contributed by atoms with Crippen LogP contribution in [0.5, 0.6) is 0 Å². The molecule has 0 aliphatic carbocycles. The van der Waals surface area contributed by atoms with Gasteiger partial charge in [0.05, 0.1) is 5.92 Å².